The molecule has 4 nitrogen and oxygen atoms in total. The molecular formula is C19H12ClFN2O2. The topological polar surface area (TPSA) is 58.9 Å². The SMILES string of the molecule is CC(=O)c1ccc2oc(-c3cnc(-c4c(F)cccc4Cl)[nH]3)cc2c1. The van der Waals surface area contributed by atoms with E-state index in [1.54, 1.807) is 30.5 Å². The molecule has 2 heterocycles. The number of ketones is 1. The predicted octanol–water partition coefficient (Wildman–Crippen LogP) is 5.49. The summed E-state index contributed by atoms with van der Waals surface area (Å²) in [5, 5.41) is 1.08. The Kier molecular flexibility index (Phi) is 3.66. The van der Waals surface area contributed by atoms with E-state index in [9.17, 15) is 9.18 Å². The van der Waals surface area contributed by atoms with Crippen molar-refractivity contribution >= 4 is 28.4 Å². The van der Waals surface area contributed by atoms with Gasteiger partial charge in [-0.1, -0.05) is 17.7 Å². The van der Waals surface area contributed by atoms with E-state index in [0.717, 1.165) is 5.39 Å². The largest absolute Gasteiger partial charge is 0.454 e. The number of aromatic amines is 1. The van der Waals surface area contributed by atoms with E-state index in [-0.39, 0.29) is 16.4 Å². The van der Waals surface area contributed by atoms with Crippen LogP contribution in [0, 0.1) is 5.82 Å². The van der Waals surface area contributed by atoms with E-state index < -0.39 is 5.82 Å². The molecule has 124 valence electrons. The maximum absolute atomic E-state index is 14.0. The van der Waals surface area contributed by atoms with Gasteiger partial charge in [0, 0.05) is 10.9 Å². The summed E-state index contributed by atoms with van der Waals surface area (Å²) in [5.74, 6) is 0.400. The molecule has 2 aromatic carbocycles. The Bertz CT molecular complexity index is 1090. The van der Waals surface area contributed by atoms with Crippen LogP contribution >= 0.6 is 11.6 Å². The molecule has 0 saturated carbocycles. The number of furan rings is 1. The number of nitrogens with one attached hydrogen (secondary N) is 1. The van der Waals surface area contributed by atoms with Gasteiger partial charge in [0.25, 0.3) is 0 Å². The standard InChI is InChI=1S/C19H12ClFN2O2/c1-10(24)11-5-6-16-12(7-11)8-17(25-16)15-9-22-19(23-15)18-13(20)3-2-4-14(18)21/h2-9H,1H3,(H,22,23). The molecule has 4 rings (SSSR count). The number of hydrogen-bond donors (Lipinski definition) is 1. The number of benzene rings is 2. The Balaban J connectivity index is 1.77. The van der Waals surface area contributed by atoms with Crippen LogP contribution in [-0.2, 0) is 0 Å². The number of carbonyl (C=O) groups excluding carboxylic acids is 1. The average Bonchev–Trinajstić information content (AvgIpc) is 3.20. The summed E-state index contributed by atoms with van der Waals surface area (Å²) in [4.78, 5) is 18.7. The quantitative estimate of drug-likeness (QED) is 0.495. The van der Waals surface area contributed by atoms with E-state index >= 15 is 0 Å². The summed E-state index contributed by atoms with van der Waals surface area (Å²) in [7, 11) is 0. The Hall–Kier alpha value is -2.92. The summed E-state index contributed by atoms with van der Waals surface area (Å²) in [6.45, 7) is 1.52. The predicted molar refractivity (Wildman–Crippen MR) is 94.2 cm³/mol. The number of fused-ring (bicyclic) bond motifs is 1. The first kappa shape index (κ1) is 15.6. The van der Waals surface area contributed by atoms with Crippen LogP contribution in [0.4, 0.5) is 4.39 Å². The number of halogens is 2. The van der Waals surface area contributed by atoms with Crippen molar-refractivity contribution in [2.45, 2.75) is 6.92 Å². The Morgan fingerprint density at radius 3 is 2.84 bits per heavy atom. The van der Waals surface area contributed by atoms with Crippen molar-refractivity contribution in [2.24, 2.45) is 0 Å². The average molecular weight is 355 g/mol. The molecule has 0 bridgehead atoms. The molecule has 0 atom stereocenters. The molecule has 0 aliphatic carbocycles. The Morgan fingerprint density at radius 1 is 1.24 bits per heavy atom. The molecule has 0 saturated heterocycles. The molecule has 0 aliphatic rings. The van der Waals surface area contributed by atoms with Gasteiger partial charge in [-0.15, -0.1) is 0 Å². The highest BCUT2D eigenvalue weighted by atomic mass is 35.5. The van der Waals surface area contributed by atoms with Gasteiger partial charge in [0.15, 0.2) is 11.5 Å². The number of rotatable bonds is 3. The molecule has 0 amide bonds. The Morgan fingerprint density at radius 2 is 2.08 bits per heavy atom. The van der Waals surface area contributed by atoms with E-state index in [1.807, 2.05) is 6.07 Å². The van der Waals surface area contributed by atoms with Crippen LogP contribution in [0.25, 0.3) is 33.8 Å². The fourth-order valence-corrected chi connectivity index (χ4v) is 2.95. The van der Waals surface area contributed by atoms with Gasteiger partial charge in [-0.2, -0.15) is 0 Å². The third-order valence-electron chi connectivity index (χ3n) is 3.96. The maximum atomic E-state index is 14.0. The minimum atomic E-state index is -0.455. The second kappa shape index (κ2) is 5.86. The highest BCUT2D eigenvalue weighted by molar-refractivity contribution is 6.33. The second-order valence-corrected chi connectivity index (χ2v) is 6.07. The summed E-state index contributed by atoms with van der Waals surface area (Å²) in [5.41, 5.74) is 2.07. The van der Waals surface area contributed by atoms with Crippen LogP contribution in [0.5, 0.6) is 0 Å². The zero-order chi connectivity index (χ0) is 17.6. The normalized spacial score (nSPS) is 11.2. The molecule has 0 radical (unpaired) electrons. The lowest BCUT2D eigenvalue weighted by Gasteiger charge is -2.01. The van der Waals surface area contributed by atoms with Crippen LogP contribution in [0.1, 0.15) is 17.3 Å². The van der Waals surface area contributed by atoms with E-state index in [0.29, 0.717) is 28.4 Å². The highest BCUT2D eigenvalue weighted by Crippen LogP contribution is 2.32. The first-order valence-electron chi connectivity index (χ1n) is 7.57. The van der Waals surface area contributed by atoms with Crippen molar-refractivity contribution in [1.29, 1.82) is 0 Å². The number of imidazole rings is 1. The third kappa shape index (κ3) is 2.72. The third-order valence-corrected chi connectivity index (χ3v) is 4.28. The number of hydrogen-bond acceptors (Lipinski definition) is 3. The molecule has 6 heteroatoms. The van der Waals surface area contributed by atoms with Gasteiger partial charge in [0.2, 0.25) is 0 Å². The summed E-state index contributed by atoms with van der Waals surface area (Å²) < 4.78 is 19.8. The molecule has 25 heavy (non-hydrogen) atoms. The summed E-state index contributed by atoms with van der Waals surface area (Å²) >= 11 is 6.08. The van der Waals surface area contributed by atoms with Crippen LogP contribution < -0.4 is 0 Å². The van der Waals surface area contributed by atoms with Gasteiger partial charge in [0.1, 0.15) is 22.9 Å². The van der Waals surface area contributed by atoms with Crippen molar-refractivity contribution in [2.75, 3.05) is 0 Å². The van der Waals surface area contributed by atoms with Crippen molar-refractivity contribution in [3.05, 3.63) is 65.1 Å². The second-order valence-electron chi connectivity index (χ2n) is 5.66. The minimum Gasteiger partial charge on any atom is -0.454 e. The highest BCUT2D eigenvalue weighted by Gasteiger charge is 2.15. The number of Topliss-reactive ketones (excluding diaryl/α,β-unsaturated/α-hetero) is 1. The number of nitrogens with zero attached hydrogens (tertiary/aromatic N) is 1. The first-order chi connectivity index (χ1) is 12.0. The fourth-order valence-electron chi connectivity index (χ4n) is 2.69. The van der Waals surface area contributed by atoms with Crippen molar-refractivity contribution in [1.82, 2.24) is 9.97 Å². The number of carbonyl (C=O) groups is 1. The lowest BCUT2D eigenvalue weighted by atomic mass is 10.1. The summed E-state index contributed by atoms with van der Waals surface area (Å²) in [6.07, 6.45) is 1.56. The zero-order valence-electron chi connectivity index (χ0n) is 13.1. The van der Waals surface area contributed by atoms with Crippen LogP contribution in [0.2, 0.25) is 5.02 Å². The molecule has 0 fully saturated rings. The molecule has 4 aromatic rings. The van der Waals surface area contributed by atoms with Gasteiger partial charge >= 0.3 is 0 Å². The van der Waals surface area contributed by atoms with E-state index in [4.69, 9.17) is 16.0 Å². The van der Waals surface area contributed by atoms with Crippen LogP contribution in [0.15, 0.2) is 53.1 Å². The van der Waals surface area contributed by atoms with E-state index in [2.05, 4.69) is 9.97 Å². The van der Waals surface area contributed by atoms with Gasteiger partial charge < -0.3 is 9.40 Å². The molecule has 0 unspecified atom stereocenters. The molecule has 0 aliphatic heterocycles. The molecular weight excluding hydrogens is 343 g/mol. The molecule has 1 N–H and O–H groups in total. The summed E-state index contributed by atoms with van der Waals surface area (Å²) in [6, 6.07) is 11.5. The lowest BCUT2D eigenvalue weighted by Crippen LogP contribution is -1.89. The lowest BCUT2D eigenvalue weighted by molar-refractivity contribution is 0.101. The van der Waals surface area contributed by atoms with Crippen molar-refractivity contribution in [3.63, 3.8) is 0 Å². The van der Waals surface area contributed by atoms with Crippen molar-refractivity contribution < 1.29 is 13.6 Å². The minimum absolute atomic E-state index is 0.0114. The maximum Gasteiger partial charge on any atom is 0.159 e. The molecule has 2 aromatic heterocycles. The van der Waals surface area contributed by atoms with Crippen molar-refractivity contribution in [3.8, 4) is 22.8 Å². The van der Waals surface area contributed by atoms with Crippen LogP contribution in [-0.4, -0.2) is 15.8 Å². The smallest absolute Gasteiger partial charge is 0.159 e. The van der Waals surface area contributed by atoms with Gasteiger partial charge in [-0.3, -0.25) is 4.79 Å². The number of aromatic nitrogens is 2. The molecule has 0 spiro atoms. The number of H-pyrrole nitrogens is 1. The van der Waals surface area contributed by atoms with Crippen LogP contribution in [0.3, 0.4) is 0 Å². The monoisotopic (exact) mass is 354 g/mol. The first-order valence-corrected chi connectivity index (χ1v) is 7.95. The van der Waals surface area contributed by atoms with E-state index in [1.165, 1.54) is 19.1 Å². The van der Waals surface area contributed by atoms with Gasteiger partial charge in [-0.25, -0.2) is 9.37 Å². The fraction of sp³-hybridized carbons (Fsp3) is 0.0526. The van der Waals surface area contributed by atoms with Gasteiger partial charge in [-0.05, 0) is 43.3 Å². The zero-order valence-corrected chi connectivity index (χ0v) is 13.9. The van der Waals surface area contributed by atoms with Gasteiger partial charge in [0.05, 0.1) is 16.8 Å². The Labute approximate surface area is 147 Å².